The molecule has 2 N–H and O–H groups in total. The van der Waals surface area contributed by atoms with Crippen molar-refractivity contribution in [2.45, 2.75) is 0 Å². The van der Waals surface area contributed by atoms with Crippen LogP contribution < -0.4 is 5.73 Å². The van der Waals surface area contributed by atoms with Gasteiger partial charge in [0.1, 0.15) is 17.1 Å². The number of nitrogens with two attached hydrogens (primary N) is 1. The van der Waals surface area contributed by atoms with Crippen LogP contribution in [0.25, 0.3) is 22.5 Å². The minimum atomic E-state index is 0.150. The average Bonchev–Trinajstić information content (AvgIpc) is 3.14. The van der Waals surface area contributed by atoms with Crippen LogP contribution in [0.2, 0.25) is 0 Å². The van der Waals surface area contributed by atoms with Crippen molar-refractivity contribution >= 4 is 28.7 Å². The van der Waals surface area contributed by atoms with E-state index >= 15 is 0 Å². The number of benzene rings is 3. The topological polar surface area (TPSA) is 68.6 Å². The Morgan fingerprint density at radius 3 is 1.86 bits per heavy atom. The molecule has 0 unspecified atom stereocenters. The molecule has 0 saturated heterocycles. The fourth-order valence-corrected chi connectivity index (χ4v) is 3.04. The molecule has 0 radical (unpaired) electrons. The number of aromatic nitrogens is 2. The van der Waals surface area contributed by atoms with Gasteiger partial charge in [0, 0.05) is 11.1 Å². The highest BCUT2D eigenvalue weighted by Gasteiger charge is 2.22. The second-order valence-electron chi connectivity index (χ2n) is 6.06. The van der Waals surface area contributed by atoms with E-state index in [1.807, 2.05) is 91.0 Å². The van der Waals surface area contributed by atoms with Crippen molar-refractivity contribution < 1.29 is 0 Å². The molecule has 0 amide bonds. The van der Waals surface area contributed by atoms with Gasteiger partial charge in [-0.3, -0.25) is 0 Å². The molecule has 0 aliphatic rings. The molecule has 0 atom stereocenters. The predicted octanol–water partition coefficient (Wildman–Crippen LogP) is 5.72. The fraction of sp³-hybridized carbons (Fsp3) is 0. The predicted molar refractivity (Wildman–Crippen MR) is 116 cm³/mol. The lowest BCUT2D eigenvalue weighted by Crippen LogP contribution is -2.21. The Kier molecular flexibility index (Phi) is 5.03. The van der Waals surface area contributed by atoms with Crippen LogP contribution in [0.4, 0.5) is 11.4 Å². The number of hydrogen-bond donors (Lipinski definition) is 1. The summed E-state index contributed by atoms with van der Waals surface area (Å²) >= 11 is 5.26. The van der Waals surface area contributed by atoms with E-state index in [1.54, 1.807) is 4.68 Å². The lowest BCUT2D eigenvalue weighted by atomic mass is 10.1. The maximum atomic E-state index is 5.98. The summed E-state index contributed by atoms with van der Waals surface area (Å²) in [7, 11) is 0. The molecule has 0 aliphatic carbocycles. The van der Waals surface area contributed by atoms with Gasteiger partial charge in [0.15, 0.2) is 5.11 Å². The van der Waals surface area contributed by atoms with Crippen molar-refractivity contribution in [3.05, 3.63) is 91.0 Å². The lowest BCUT2D eigenvalue weighted by molar-refractivity contribution is 0.951. The van der Waals surface area contributed by atoms with Crippen LogP contribution in [0.1, 0.15) is 0 Å². The molecule has 0 aliphatic heterocycles. The van der Waals surface area contributed by atoms with Gasteiger partial charge in [-0.15, -0.1) is 5.11 Å². The first kappa shape index (κ1) is 17.8. The highest BCUT2D eigenvalue weighted by Crippen LogP contribution is 2.39. The maximum Gasteiger partial charge on any atom is 0.191 e. The molecule has 4 rings (SSSR count). The normalized spacial score (nSPS) is 11.0. The van der Waals surface area contributed by atoms with E-state index in [0.29, 0.717) is 17.1 Å². The van der Waals surface area contributed by atoms with Gasteiger partial charge in [-0.1, -0.05) is 78.9 Å². The van der Waals surface area contributed by atoms with Gasteiger partial charge >= 0.3 is 0 Å². The SMILES string of the molecule is NC(=S)n1nc(-c2ccccc2)c(N=Nc2ccccc2)c1-c1ccccc1. The summed E-state index contributed by atoms with van der Waals surface area (Å²) in [5.74, 6) is 0. The van der Waals surface area contributed by atoms with Crippen LogP contribution in [0.15, 0.2) is 101 Å². The van der Waals surface area contributed by atoms with Gasteiger partial charge in [0.25, 0.3) is 0 Å². The number of azo groups is 1. The Labute approximate surface area is 168 Å². The number of hydrogen-bond acceptors (Lipinski definition) is 4. The number of nitrogens with zero attached hydrogens (tertiary/aromatic N) is 4. The van der Waals surface area contributed by atoms with Gasteiger partial charge in [0.2, 0.25) is 0 Å². The molecule has 0 spiro atoms. The molecule has 3 aromatic carbocycles. The van der Waals surface area contributed by atoms with Gasteiger partial charge in [-0.2, -0.15) is 10.2 Å². The summed E-state index contributed by atoms with van der Waals surface area (Å²) < 4.78 is 1.55. The van der Waals surface area contributed by atoms with E-state index < -0.39 is 0 Å². The van der Waals surface area contributed by atoms with Crippen molar-refractivity contribution in [1.29, 1.82) is 0 Å². The smallest absolute Gasteiger partial charge is 0.191 e. The van der Waals surface area contributed by atoms with Gasteiger partial charge in [0.05, 0.1) is 5.69 Å². The first-order valence-electron chi connectivity index (χ1n) is 8.74. The van der Waals surface area contributed by atoms with Crippen LogP contribution in [0.3, 0.4) is 0 Å². The number of thiocarbonyl (C=S) groups is 1. The minimum Gasteiger partial charge on any atom is -0.374 e. The average molecular weight is 383 g/mol. The van der Waals surface area contributed by atoms with E-state index in [2.05, 4.69) is 15.3 Å². The fourth-order valence-electron chi connectivity index (χ4n) is 2.91. The van der Waals surface area contributed by atoms with Crippen molar-refractivity contribution in [1.82, 2.24) is 9.78 Å². The Morgan fingerprint density at radius 2 is 1.29 bits per heavy atom. The first-order chi connectivity index (χ1) is 13.7. The van der Waals surface area contributed by atoms with E-state index in [4.69, 9.17) is 18.0 Å². The molecule has 0 fully saturated rings. The molecular formula is C22H17N5S. The summed E-state index contributed by atoms with van der Waals surface area (Å²) in [6.45, 7) is 0. The monoisotopic (exact) mass is 383 g/mol. The molecule has 136 valence electrons. The van der Waals surface area contributed by atoms with Crippen LogP contribution in [0.5, 0.6) is 0 Å². The molecule has 1 heterocycles. The summed E-state index contributed by atoms with van der Waals surface area (Å²) in [4.78, 5) is 0. The van der Waals surface area contributed by atoms with E-state index in [-0.39, 0.29) is 5.11 Å². The Bertz CT molecular complexity index is 1120. The maximum absolute atomic E-state index is 5.98. The quantitative estimate of drug-likeness (QED) is 0.362. The largest absolute Gasteiger partial charge is 0.374 e. The highest BCUT2D eigenvalue weighted by molar-refractivity contribution is 7.80. The molecule has 1 aromatic heterocycles. The van der Waals surface area contributed by atoms with Crippen molar-refractivity contribution in [2.24, 2.45) is 16.0 Å². The second-order valence-corrected chi connectivity index (χ2v) is 6.48. The lowest BCUT2D eigenvalue weighted by Gasteiger charge is -2.05. The third-order valence-corrected chi connectivity index (χ3v) is 4.36. The zero-order chi connectivity index (χ0) is 19.3. The molecular weight excluding hydrogens is 366 g/mol. The summed E-state index contributed by atoms with van der Waals surface area (Å²) in [6.07, 6.45) is 0. The van der Waals surface area contributed by atoms with Gasteiger partial charge in [-0.25, -0.2) is 4.68 Å². The molecule has 28 heavy (non-hydrogen) atoms. The minimum absolute atomic E-state index is 0.150. The standard InChI is InChI=1S/C22H17N5S/c23-22(28)27-21(17-12-6-2-7-13-17)20(25-24-18-14-8-3-9-15-18)19(26-27)16-10-4-1-5-11-16/h1-15H,(H2,23,28). The van der Waals surface area contributed by atoms with Gasteiger partial charge in [-0.05, 0) is 24.4 Å². The third kappa shape index (κ3) is 3.58. The Balaban J connectivity index is 1.96. The second kappa shape index (κ2) is 7.94. The first-order valence-corrected chi connectivity index (χ1v) is 9.15. The van der Waals surface area contributed by atoms with Gasteiger partial charge < -0.3 is 5.73 Å². The zero-order valence-corrected chi connectivity index (χ0v) is 15.8. The van der Waals surface area contributed by atoms with E-state index in [1.165, 1.54) is 0 Å². The van der Waals surface area contributed by atoms with Crippen LogP contribution in [-0.2, 0) is 0 Å². The zero-order valence-electron chi connectivity index (χ0n) is 14.9. The molecule has 4 aromatic rings. The molecule has 0 bridgehead atoms. The van der Waals surface area contributed by atoms with Crippen LogP contribution in [0, 0.1) is 0 Å². The third-order valence-electron chi connectivity index (χ3n) is 4.19. The van der Waals surface area contributed by atoms with E-state index in [0.717, 1.165) is 16.8 Å². The molecule has 0 saturated carbocycles. The van der Waals surface area contributed by atoms with Crippen molar-refractivity contribution in [3.8, 4) is 22.5 Å². The summed E-state index contributed by atoms with van der Waals surface area (Å²) in [5.41, 5.74) is 10.6. The van der Waals surface area contributed by atoms with Crippen molar-refractivity contribution in [2.75, 3.05) is 0 Å². The van der Waals surface area contributed by atoms with E-state index in [9.17, 15) is 0 Å². The highest BCUT2D eigenvalue weighted by atomic mass is 32.1. The van der Waals surface area contributed by atoms with Crippen molar-refractivity contribution in [3.63, 3.8) is 0 Å². The molecule has 6 heteroatoms. The summed E-state index contributed by atoms with van der Waals surface area (Å²) in [5, 5.41) is 13.8. The Morgan fingerprint density at radius 1 is 0.750 bits per heavy atom. The number of rotatable bonds is 4. The summed E-state index contributed by atoms with van der Waals surface area (Å²) in [6, 6.07) is 29.2. The van der Waals surface area contributed by atoms with Crippen LogP contribution >= 0.6 is 12.2 Å². The molecule has 5 nitrogen and oxygen atoms in total. The Hall–Kier alpha value is -3.64. The van der Waals surface area contributed by atoms with Crippen LogP contribution in [-0.4, -0.2) is 14.9 Å².